The van der Waals surface area contributed by atoms with Crippen LogP contribution in [-0.2, 0) is 16.1 Å². The van der Waals surface area contributed by atoms with Crippen LogP contribution in [0, 0.1) is 32.1 Å². The predicted octanol–water partition coefficient (Wildman–Crippen LogP) is 4.11. The zero-order chi connectivity index (χ0) is 24.0. The fourth-order valence-corrected chi connectivity index (χ4v) is 3.93. The highest BCUT2D eigenvalue weighted by molar-refractivity contribution is 9.10. The van der Waals surface area contributed by atoms with Crippen LogP contribution >= 0.6 is 15.9 Å². The number of aromatic nitrogens is 2. The first-order chi connectivity index (χ1) is 15.8. The van der Waals surface area contributed by atoms with Gasteiger partial charge in [0.15, 0.2) is 6.61 Å². The van der Waals surface area contributed by atoms with Gasteiger partial charge in [-0.05, 0) is 61.0 Å². The van der Waals surface area contributed by atoms with E-state index in [4.69, 9.17) is 9.47 Å². The van der Waals surface area contributed by atoms with Gasteiger partial charge in [-0.25, -0.2) is 10.4 Å². The van der Waals surface area contributed by atoms with Crippen LogP contribution in [-0.4, -0.2) is 35.4 Å². The number of rotatable bonds is 8. The zero-order valence-electron chi connectivity index (χ0n) is 18.8. The number of para-hydroxylation sites is 1. The Labute approximate surface area is 201 Å². The molecule has 0 saturated heterocycles. The second kappa shape index (κ2) is 10.9. The van der Waals surface area contributed by atoms with Gasteiger partial charge in [-0.1, -0.05) is 12.1 Å². The molecular weight excluding hydrogens is 486 g/mol. The second-order valence-electron chi connectivity index (χ2n) is 7.34. The van der Waals surface area contributed by atoms with Crippen molar-refractivity contribution in [1.29, 1.82) is 5.26 Å². The van der Waals surface area contributed by atoms with Gasteiger partial charge in [0, 0.05) is 39.8 Å². The Morgan fingerprint density at radius 2 is 2.06 bits per heavy atom. The predicted molar refractivity (Wildman–Crippen MR) is 129 cm³/mol. The Bertz CT molecular complexity index is 1240. The van der Waals surface area contributed by atoms with Gasteiger partial charge in [0.25, 0.3) is 5.91 Å². The lowest BCUT2D eigenvalue weighted by molar-refractivity contribution is -0.123. The number of ether oxygens (including phenoxy) is 2. The first-order valence-electron chi connectivity index (χ1n) is 10.1. The van der Waals surface area contributed by atoms with Crippen LogP contribution in [0.1, 0.15) is 33.8 Å². The van der Waals surface area contributed by atoms with E-state index < -0.39 is 5.91 Å². The summed E-state index contributed by atoms with van der Waals surface area (Å²) in [4.78, 5) is 16.4. The Kier molecular flexibility index (Phi) is 7.98. The molecule has 0 atom stereocenters. The van der Waals surface area contributed by atoms with Crippen LogP contribution in [0.2, 0.25) is 0 Å². The van der Waals surface area contributed by atoms with E-state index in [9.17, 15) is 10.1 Å². The van der Waals surface area contributed by atoms with E-state index in [0.717, 1.165) is 27.1 Å². The molecule has 8 nitrogen and oxygen atoms in total. The molecule has 2 heterocycles. The number of aryl methyl sites for hydroxylation is 2. The van der Waals surface area contributed by atoms with Crippen molar-refractivity contribution in [2.24, 2.45) is 5.10 Å². The standard InChI is InChI=1S/C24H24BrN5O3/c1-15-9-19(13-32-4)20(11-26)24(28-15)33-14-23(31)29-27-12-18-10-16(2)30(17(18)3)22-8-6-5-7-21(22)25/h5-10,12H,13-14H2,1-4H3,(H,29,31)/b27-12+. The van der Waals surface area contributed by atoms with Crippen LogP contribution in [0.3, 0.4) is 0 Å². The van der Waals surface area contributed by atoms with Crippen molar-refractivity contribution < 1.29 is 14.3 Å². The Morgan fingerprint density at radius 3 is 2.76 bits per heavy atom. The molecule has 0 aliphatic heterocycles. The summed E-state index contributed by atoms with van der Waals surface area (Å²) in [7, 11) is 1.54. The lowest BCUT2D eigenvalue weighted by Crippen LogP contribution is -2.25. The number of nitrogens with one attached hydrogen (secondary N) is 1. The Morgan fingerprint density at radius 1 is 1.30 bits per heavy atom. The van der Waals surface area contributed by atoms with Gasteiger partial charge in [0.1, 0.15) is 11.6 Å². The number of hydrogen-bond acceptors (Lipinski definition) is 6. The van der Waals surface area contributed by atoms with E-state index in [1.165, 1.54) is 0 Å². The third-order valence-corrected chi connectivity index (χ3v) is 5.57. The quantitative estimate of drug-likeness (QED) is 0.363. The average molecular weight is 510 g/mol. The van der Waals surface area contributed by atoms with Gasteiger partial charge in [-0.15, -0.1) is 0 Å². The van der Waals surface area contributed by atoms with E-state index in [-0.39, 0.29) is 24.7 Å². The molecule has 9 heteroatoms. The van der Waals surface area contributed by atoms with Crippen molar-refractivity contribution in [3.63, 3.8) is 0 Å². The molecule has 2 aromatic heterocycles. The number of amides is 1. The van der Waals surface area contributed by atoms with E-state index in [2.05, 4.69) is 42.1 Å². The highest BCUT2D eigenvalue weighted by Gasteiger charge is 2.15. The van der Waals surface area contributed by atoms with Gasteiger partial charge in [-0.2, -0.15) is 10.4 Å². The molecule has 3 aromatic rings. The highest BCUT2D eigenvalue weighted by Crippen LogP contribution is 2.26. The van der Waals surface area contributed by atoms with Gasteiger partial charge in [-0.3, -0.25) is 4.79 Å². The maximum Gasteiger partial charge on any atom is 0.278 e. The molecule has 0 saturated carbocycles. The van der Waals surface area contributed by atoms with Crippen molar-refractivity contribution in [3.8, 4) is 17.6 Å². The zero-order valence-corrected chi connectivity index (χ0v) is 20.4. The van der Waals surface area contributed by atoms with Crippen molar-refractivity contribution >= 4 is 28.1 Å². The molecule has 0 bridgehead atoms. The van der Waals surface area contributed by atoms with Crippen molar-refractivity contribution in [3.05, 3.63) is 74.6 Å². The van der Waals surface area contributed by atoms with Gasteiger partial charge >= 0.3 is 0 Å². The van der Waals surface area contributed by atoms with Gasteiger partial charge in [0.2, 0.25) is 5.88 Å². The van der Waals surface area contributed by atoms with Gasteiger partial charge < -0.3 is 14.0 Å². The maximum absolute atomic E-state index is 12.2. The monoisotopic (exact) mass is 509 g/mol. The van der Waals surface area contributed by atoms with Crippen LogP contribution in [0.25, 0.3) is 5.69 Å². The van der Waals surface area contributed by atoms with Crippen LogP contribution in [0.4, 0.5) is 0 Å². The van der Waals surface area contributed by atoms with E-state index in [0.29, 0.717) is 11.3 Å². The SMILES string of the molecule is COCc1cc(C)nc(OCC(=O)N/N=C/c2cc(C)n(-c3ccccc3Br)c2C)c1C#N. The first kappa shape index (κ1) is 24.2. The highest BCUT2D eigenvalue weighted by atomic mass is 79.9. The minimum absolute atomic E-state index is 0.0978. The van der Waals surface area contributed by atoms with E-state index in [1.807, 2.05) is 44.2 Å². The normalized spacial score (nSPS) is 10.9. The number of nitrogens with zero attached hydrogens (tertiary/aromatic N) is 4. The number of benzene rings is 1. The number of pyridine rings is 1. The topological polar surface area (TPSA) is 102 Å². The molecule has 33 heavy (non-hydrogen) atoms. The van der Waals surface area contributed by atoms with Crippen LogP contribution < -0.4 is 10.2 Å². The summed E-state index contributed by atoms with van der Waals surface area (Å²) in [6, 6.07) is 13.8. The molecule has 3 rings (SSSR count). The molecule has 170 valence electrons. The Hall–Kier alpha value is -3.48. The summed E-state index contributed by atoms with van der Waals surface area (Å²) >= 11 is 3.59. The maximum atomic E-state index is 12.2. The molecule has 0 aliphatic carbocycles. The third-order valence-electron chi connectivity index (χ3n) is 4.90. The summed E-state index contributed by atoms with van der Waals surface area (Å²) in [5.74, 6) is -0.369. The smallest absolute Gasteiger partial charge is 0.278 e. The fraction of sp³-hybridized carbons (Fsp3) is 0.250. The summed E-state index contributed by atoms with van der Waals surface area (Å²) in [6.07, 6.45) is 1.59. The lowest BCUT2D eigenvalue weighted by Gasteiger charge is -2.11. The minimum atomic E-state index is -0.466. The van der Waals surface area contributed by atoms with Crippen LogP contribution in [0.5, 0.6) is 5.88 Å². The summed E-state index contributed by atoms with van der Waals surface area (Å²) in [5.41, 5.74) is 7.94. The van der Waals surface area contributed by atoms with E-state index >= 15 is 0 Å². The van der Waals surface area contributed by atoms with Crippen molar-refractivity contribution in [1.82, 2.24) is 15.0 Å². The molecule has 1 N–H and O–H groups in total. The van der Waals surface area contributed by atoms with Crippen molar-refractivity contribution in [2.45, 2.75) is 27.4 Å². The average Bonchev–Trinajstić information content (AvgIpc) is 3.05. The second-order valence-corrected chi connectivity index (χ2v) is 8.20. The molecule has 1 aromatic carbocycles. The number of nitriles is 1. The molecule has 0 radical (unpaired) electrons. The number of hydrazone groups is 1. The molecule has 0 fully saturated rings. The summed E-state index contributed by atoms with van der Waals surface area (Å²) < 4.78 is 13.7. The number of carbonyl (C=O) groups excluding carboxylic acids is 1. The lowest BCUT2D eigenvalue weighted by atomic mass is 10.1. The molecule has 0 unspecified atom stereocenters. The molecule has 0 aliphatic rings. The number of hydrogen-bond donors (Lipinski definition) is 1. The molecule has 0 spiro atoms. The Balaban J connectivity index is 1.67. The molecule has 1 amide bonds. The number of methoxy groups -OCH3 is 1. The number of carbonyl (C=O) groups is 1. The van der Waals surface area contributed by atoms with Gasteiger partial charge in [0.05, 0.1) is 18.5 Å². The minimum Gasteiger partial charge on any atom is -0.467 e. The third kappa shape index (κ3) is 5.66. The fourth-order valence-electron chi connectivity index (χ4n) is 3.47. The summed E-state index contributed by atoms with van der Waals surface area (Å²) in [6.45, 7) is 5.70. The first-order valence-corrected chi connectivity index (χ1v) is 10.9. The largest absolute Gasteiger partial charge is 0.467 e. The van der Waals surface area contributed by atoms with Crippen molar-refractivity contribution in [2.75, 3.05) is 13.7 Å². The number of halogens is 1. The molecular formula is C24H24BrN5O3. The van der Waals surface area contributed by atoms with Crippen LogP contribution in [0.15, 0.2) is 46.0 Å². The van der Waals surface area contributed by atoms with E-state index in [1.54, 1.807) is 26.3 Å². The summed E-state index contributed by atoms with van der Waals surface area (Å²) in [5, 5.41) is 13.5.